The van der Waals surface area contributed by atoms with Crippen molar-refractivity contribution in [1.82, 2.24) is 5.43 Å². The summed E-state index contributed by atoms with van der Waals surface area (Å²) in [5.41, 5.74) is 3.26. The Hall–Kier alpha value is -2.06. The molecule has 2 N–H and O–H groups in total. The summed E-state index contributed by atoms with van der Waals surface area (Å²) in [5, 5.41) is 13.9. The number of nitrogens with zero attached hydrogens (tertiary/aromatic N) is 1. The molecule has 0 saturated carbocycles. The highest BCUT2D eigenvalue weighted by molar-refractivity contribution is 9.11. The van der Waals surface area contributed by atoms with Crippen LogP contribution in [0.3, 0.4) is 0 Å². The van der Waals surface area contributed by atoms with Gasteiger partial charge < -0.3 is 14.6 Å². The van der Waals surface area contributed by atoms with Crippen LogP contribution in [-0.4, -0.2) is 30.4 Å². The van der Waals surface area contributed by atoms with Crippen LogP contribution in [0.1, 0.15) is 29.8 Å². The summed E-state index contributed by atoms with van der Waals surface area (Å²) in [5.74, 6) is 0.711. The SMILES string of the molecule is CCOc1ccc(C(=O)N/N=C/c2cc(Br)cc(Br)c2O)cc1OCC. The number of hydrogen-bond acceptors (Lipinski definition) is 5. The fourth-order valence-electron chi connectivity index (χ4n) is 2.10. The van der Waals surface area contributed by atoms with E-state index in [0.29, 0.717) is 40.3 Å². The molecule has 6 nitrogen and oxygen atoms in total. The number of amides is 1. The van der Waals surface area contributed by atoms with Gasteiger partial charge in [-0.25, -0.2) is 5.43 Å². The molecule has 0 aliphatic rings. The summed E-state index contributed by atoms with van der Waals surface area (Å²) in [6.45, 7) is 4.69. The molecule has 26 heavy (non-hydrogen) atoms. The third-order valence-corrected chi connectivity index (χ3v) is 4.30. The maximum Gasteiger partial charge on any atom is 0.271 e. The monoisotopic (exact) mass is 484 g/mol. The lowest BCUT2D eigenvalue weighted by Crippen LogP contribution is -2.17. The highest BCUT2D eigenvalue weighted by Crippen LogP contribution is 2.31. The molecule has 1 amide bonds. The number of halogens is 2. The van der Waals surface area contributed by atoms with Crippen LogP contribution in [-0.2, 0) is 0 Å². The fourth-order valence-corrected chi connectivity index (χ4v) is 3.36. The first-order valence-corrected chi connectivity index (χ1v) is 9.45. The van der Waals surface area contributed by atoms with Gasteiger partial charge in [-0.1, -0.05) is 15.9 Å². The number of benzene rings is 2. The van der Waals surface area contributed by atoms with Crippen molar-refractivity contribution in [3.8, 4) is 17.2 Å². The number of rotatable bonds is 7. The molecule has 0 aliphatic heterocycles. The molecule has 2 aromatic carbocycles. The zero-order chi connectivity index (χ0) is 19.1. The second kappa shape index (κ2) is 9.59. The first-order chi connectivity index (χ1) is 12.5. The smallest absolute Gasteiger partial charge is 0.271 e. The molecule has 0 unspecified atom stereocenters. The van der Waals surface area contributed by atoms with E-state index in [0.717, 1.165) is 4.47 Å². The number of phenolic OH excluding ortho intramolecular Hbond substituents is 1. The van der Waals surface area contributed by atoms with Crippen LogP contribution >= 0.6 is 31.9 Å². The quantitative estimate of drug-likeness (QED) is 0.447. The normalized spacial score (nSPS) is 10.8. The Labute approximate surface area is 168 Å². The number of ether oxygens (including phenoxy) is 2. The van der Waals surface area contributed by atoms with Crippen LogP contribution in [0.5, 0.6) is 17.2 Å². The first-order valence-electron chi connectivity index (χ1n) is 7.87. The molecule has 0 heterocycles. The predicted molar refractivity (Wildman–Crippen MR) is 107 cm³/mol. The van der Waals surface area contributed by atoms with E-state index in [2.05, 4.69) is 42.4 Å². The van der Waals surface area contributed by atoms with Gasteiger partial charge in [-0.05, 0) is 60.1 Å². The van der Waals surface area contributed by atoms with Gasteiger partial charge in [-0.15, -0.1) is 0 Å². The molecule has 0 fully saturated rings. The number of carbonyl (C=O) groups is 1. The Bertz CT molecular complexity index is 825. The van der Waals surface area contributed by atoms with Crippen molar-refractivity contribution < 1.29 is 19.4 Å². The molecule has 0 aromatic heterocycles. The van der Waals surface area contributed by atoms with Gasteiger partial charge in [0.15, 0.2) is 11.5 Å². The summed E-state index contributed by atoms with van der Waals surface area (Å²) >= 11 is 6.57. The van der Waals surface area contributed by atoms with E-state index in [4.69, 9.17) is 9.47 Å². The molecule has 0 bridgehead atoms. The number of nitrogens with one attached hydrogen (secondary N) is 1. The lowest BCUT2D eigenvalue weighted by molar-refractivity contribution is 0.0954. The van der Waals surface area contributed by atoms with Crippen molar-refractivity contribution in [2.75, 3.05) is 13.2 Å². The Balaban J connectivity index is 2.14. The lowest BCUT2D eigenvalue weighted by atomic mass is 10.2. The van der Waals surface area contributed by atoms with E-state index >= 15 is 0 Å². The van der Waals surface area contributed by atoms with Gasteiger partial charge >= 0.3 is 0 Å². The highest BCUT2D eigenvalue weighted by Gasteiger charge is 2.11. The maximum atomic E-state index is 12.3. The summed E-state index contributed by atoms with van der Waals surface area (Å²) in [4.78, 5) is 12.3. The topological polar surface area (TPSA) is 80.2 Å². The van der Waals surface area contributed by atoms with Crippen molar-refractivity contribution in [1.29, 1.82) is 0 Å². The number of aromatic hydroxyl groups is 1. The number of carbonyl (C=O) groups excluding carboxylic acids is 1. The summed E-state index contributed by atoms with van der Waals surface area (Å²) < 4.78 is 12.3. The second-order valence-electron chi connectivity index (χ2n) is 5.05. The largest absolute Gasteiger partial charge is 0.506 e. The third-order valence-electron chi connectivity index (χ3n) is 3.23. The Morgan fingerprint density at radius 3 is 2.54 bits per heavy atom. The lowest BCUT2D eigenvalue weighted by Gasteiger charge is -2.11. The van der Waals surface area contributed by atoms with E-state index < -0.39 is 5.91 Å². The average molecular weight is 486 g/mol. The summed E-state index contributed by atoms with van der Waals surface area (Å²) in [7, 11) is 0. The zero-order valence-corrected chi connectivity index (χ0v) is 17.4. The molecule has 0 atom stereocenters. The van der Waals surface area contributed by atoms with Crippen LogP contribution in [0.2, 0.25) is 0 Å². The van der Waals surface area contributed by atoms with Gasteiger partial charge in [0.2, 0.25) is 0 Å². The van der Waals surface area contributed by atoms with Crippen LogP contribution < -0.4 is 14.9 Å². The van der Waals surface area contributed by atoms with Crippen molar-refractivity contribution >= 4 is 44.0 Å². The van der Waals surface area contributed by atoms with Crippen LogP contribution in [0.15, 0.2) is 44.4 Å². The molecular formula is C18H18Br2N2O4. The standard InChI is InChI=1S/C18H18Br2N2O4/c1-3-25-15-6-5-11(8-16(15)26-4-2)18(24)22-21-10-12-7-13(19)9-14(20)17(12)23/h5-10,23H,3-4H2,1-2H3,(H,22,24)/b21-10+. The Morgan fingerprint density at radius 2 is 1.85 bits per heavy atom. The van der Waals surface area contributed by atoms with Crippen LogP contribution in [0.4, 0.5) is 0 Å². The molecule has 0 aliphatic carbocycles. The molecule has 2 aromatic rings. The molecule has 8 heteroatoms. The molecule has 0 spiro atoms. The van der Waals surface area contributed by atoms with Gasteiger partial charge in [0, 0.05) is 15.6 Å². The maximum absolute atomic E-state index is 12.3. The van der Waals surface area contributed by atoms with Crippen LogP contribution in [0, 0.1) is 0 Å². The van der Waals surface area contributed by atoms with E-state index in [1.54, 1.807) is 30.3 Å². The van der Waals surface area contributed by atoms with E-state index in [-0.39, 0.29) is 5.75 Å². The number of hydrogen-bond donors (Lipinski definition) is 2. The van der Waals surface area contributed by atoms with Crippen molar-refractivity contribution in [2.24, 2.45) is 5.10 Å². The Morgan fingerprint density at radius 1 is 1.15 bits per heavy atom. The van der Waals surface area contributed by atoms with Crippen molar-refractivity contribution in [3.05, 3.63) is 50.4 Å². The Kier molecular flexibility index (Phi) is 7.47. The average Bonchev–Trinajstić information content (AvgIpc) is 2.60. The molecular weight excluding hydrogens is 468 g/mol. The fraction of sp³-hybridized carbons (Fsp3) is 0.222. The molecule has 0 saturated heterocycles. The predicted octanol–water partition coefficient (Wildman–Crippen LogP) is 4.48. The van der Waals surface area contributed by atoms with E-state index in [9.17, 15) is 9.90 Å². The minimum absolute atomic E-state index is 0.0332. The summed E-state index contributed by atoms with van der Waals surface area (Å²) in [6, 6.07) is 8.31. The molecule has 2 rings (SSSR count). The zero-order valence-electron chi connectivity index (χ0n) is 14.3. The van der Waals surface area contributed by atoms with Crippen molar-refractivity contribution in [2.45, 2.75) is 13.8 Å². The van der Waals surface area contributed by atoms with Crippen LogP contribution in [0.25, 0.3) is 0 Å². The highest BCUT2D eigenvalue weighted by atomic mass is 79.9. The van der Waals surface area contributed by atoms with E-state index in [1.807, 2.05) is 13.8 Å². The van der Waals surface area contributed by atoms with Gasteiger partial charge in [-0.3, -0.25) is 4.79 Å². The minimum Gasteiger partial charge on any atom is -0.506 e. The molecule has 138 valence electrons. The van der Waals surface area contributed by atoms with Gasteiger partial charge in [-0.2, -0.15) is 5.10 Å². The summed E-state index contributed by atoms with van der Waals surface area (Å²) in [6.07, 6.45) is 1.36. The number of phenols is 1. The van der Waals surface area contributed by atoms with Gasteiger partial charge in [0.05, 0.1) is 23.9 Å². The van der Waals surface area contributed by atoms with E-state index in [1.165, 1.54) is 6.21 Å². The van der Waals surface area contributed by atoms with Gasteiger partial charge in [0.25, 0.3) is 5.91 Å². The van der Waals surface area contributed by atoms with Gasteiger partial charge in [0.1, 0.15) is 5.75 Å². The van der Waals surface area contributed by atoms with Crippen molar-refractivity contribution in [3.63, 3.8) is 0 Å². The minimum atomic E-state index is -0.404. The second-order valence-corrected chi connectivity index (χ2v) is 6.82. The third kappa shape index (κ3) is 5.22. The first kappa shape index (κ1) is 20.3. The molecule has 0 radical (unpaired) electrons. The number of hydrazone groups is 1.